The van der Waals surface area contributed by atoms with Gasteiger partial charge in [-0.25, -0.2) is 0 Å². The van der Waals surface area contributed by atoms with Crippen molar-refractivity contribution >= 4 is 11.5 Å². The van der Waals surface area contributed by atoms with E-state index in [0.717, 1.165) is 6.42 Å². The van der Waals surface area contributed by atoms with Crippen molar-refractivity contribution < 1.29 is 9.90 Å². The quantitative estimate of drug-likeness (QED) is 0.665. The van der Waals surface area contributed by atoms with E-state index in [0.29, 0.717) is 5.69 Å². The molecule has 0 aliphatic carbocycles. The number of aliphatic hydroxyl groups excluding tert-OH is 1. The van der Waals surface area contributed by atoms with Crippen LogP contribution in [-0.4, -0.2) is 16.9 Å². The predicted octanol–water partition coefficient (Wildman–Crippen LogP) is 3.51. The summed E-state index contributed by atoms with van der Waals surface area (Å²) in [6.45, 7) is 4.93. The van der Waals surface area contributed by atoms with Crippen LogP contribution in [0.2, 0.25) is 0 Å². The molecule has 0 saturated carbocycles. The summed E-state index contributed by atoms with van der Waals surface area (Å²) in [4.78, 5) is 9.44. The summed E-state index contributed by atoms with van der Waals surface area (Å²) in [5, 5.41) is 31.7. The second-order valence-electron chi connectivity index (χ2n) is 3.76. The lowest BCUT2D eigenvalue weighted by Gasteiger charge is -1.89. The number of ketones is 1. The lowest BCUT2D eigenvalue weighted by Crippen LogP contribution is -1.92. The highest BCUT2D eigenvalue weighted by atomic mass is 16.2. The first-order chi connectivity index (χ1) is 10.5. The summed E-state index contributed by atoms with van der Waals surface area (Å²) in [5.41, 5.74) is 0.637. The molecule has 0 atom stereocenters. The van der Waals surface area contributed by atoms with Crippen molar-refractivity contribution in [3.05, 3.63) is 30.3 Å². The van der Waals surface area contributed by atoms with Crippen LogP contribution in [0.25, 0.3) is 0 Å². The molecule has 0 unspecified atom stereocenters. The average Bonchev–Trinajstić information content (AvgIpc) is 2.50. The minimum Gasteiger partial charge on any atom is -0.462 e. The van der Waals surface area contributed by atoms with E-state index in [1.807, 2.05) is 25.1 Å². The maximum atomic E-state index is 9.44. The van der Waals surface area contributed by atoms with Gasteiger partial charge in [0.15, 0.2) is 0 Å². The number of carbonyl (C=O) groups excluding carboxylic acids is 1. The standard InChI is InChI=1S/C9H6N4.C4H6O.C3H6O/c10-6-9(7-11)13-12-8-4-2-1-3-5-8;1-2-3-4-5;1-3(2)4/h1-5,9H;5H,2H2,1H3;1-2H3. The Bertz CT molecular complexity index is 569. The summed E-state index contributed by atoms with van der Waals surface area (Å²) >= 11 is 0. The van der Waals surface area contributed by atoms with Crippen LogP contribution in [0, 0.1) is 34.7 Å². The number of rotatable bonds is 2. The second kappa shape index (κ2) is 15.9. The Labute approximate surface area is 130 Å². The van der Waals surface area contributed by atoms with E-state index >= 15 is 0 Å². The van der Waals surface area contributed by atoms with Crippen molar-refractivity contribution in [3.8, 4) is 24.2 Å². The molecule has 0 spiro atoms. The minimum absolute atomic E-state index is 0.167. The van der Waals surface area contributed by atoms with E-state index in [2.05, 4.69) is 16.1 Å². The maximum Gasteiger partial charge on any atom is 0.242 e. The molecule has 114 valence electrons. The summed E-state index contributed by atoms with van der Waals surface area (Å²) in [7, 11) is 0. The van der Waals surface area contributed by atoms with Crippen LogP contribution < -0.4 is 0 Å². The number of aliphatic hydroxyl groups is 1. The van der Waals surface area contributed by atoms with Crippen LogP contribution in [0.1, 0.15) is 27.2 Å². The molecule has 1 rings (SSSR count). The zero-order valence-corrected chi connectivity index (χ0v) is 12.8. The summed E-state index contributed by atoms with van der Waals surface area (Å²) < 4.78 is 0. The Balaban J connectivity index is 0. The van der Waals surface area contributed by atoms with Gasteiger partial charge in [-0.3, -0.25) is 0 Å². The van der Waals surface area contributed by atoms with Gasteiger partial charge in [-0.15, -0.1) is 0 Å². The normalized spacial score (nSPS) is 8.09. The molecule has 0 aliphatic rings. The van der Waals surface area contributed by atoms with Crippen molar-refractivity contribution in [1.82, 2.24) is 0 Å². The first-order valence-electron chi connectivity index (χ1n) is 6.36. The Kier molecular flexibility index (Phi) is 15.3. The summed E-state index contributed by atoms with van der Waals surface area (Å²) in [5.74, 6) is 2.58. The molecule has 0 aromatic heterocycles. The number of nitriles is 2. The number of hydrogen-bond donors (Lipinski definition) is 1. The SMILES string of the molecule is CC(C)=O.CCC#CO.N#CC(C#N)N=Nc1ccccc1. The van der Waals surface area contributed by atoms with Crippen LogP contribution in [-0.2, 0) is 4.79 Å². The van der Waals surface area contributed by atoms with Crippen molar-refractivity contribution in [2.45, 2.75) is 33.2 Å². The van der Waals surface area contributed by atoms with Gasteiger partial charge >= 0.3 is 0 Å². The third kappa shape index (κ3) is 16.8. The minimum atomic E-state index is -1.01. The van der Waals surface area contributed by atoms with Gasteiger partial charge < -0.3 is 9.90 Å². The van der Waals surface area contributed by atoms with Gasteiger partial charge in [-0.2, -0.15) is 20.8 Å². The lowest BCUT2D eigenvalue weighted by molar-refractivity contribution is -0.114. The number of Topliss-reactive ketones (excluding diaryl/α,β-unsaturated/α-hetero) is 1. The Morgan fingerprint density at radius 2 is 1.73 bits per heavy atom. The number of azo groups is 1. The van der Waals surface area contributed by atoms with E-state index in [4.69, 9.17) is 15.6 Å². The van der Waals surface area contributed by atoms with E-state index in [1.54, 1.807) is 30.4 Å². The van der Waals surface area contributed by atoms with E-state index < -0.39 is 6.04 Å². The molecule has 0 saturated heterocycles. The molecular weight excluding hydrogens is 280 g/mol. The Hall–Kier alpha value is -3.17. The van der Waals surface area contributed by atoms with Crippen LogP contribution in [0.15, 0.2) is 40.6 Å². The highest BCUT2D eigenvalue weighted by molar-refractivity contribution is 5.72. The molecule has 0 fully saturated rings. The zero-order chi connectivity index (χ0) is 17.2. The van der Waals surface area contributed by atoms with Gasteiger partial charge in [-0.05, 0) is 26.0 Å². The fourth-order valence-corrected chi connectivity index (χ4v) is 0.779. The third-order valence-corrected chi connectivity index (χ3v) is 1.55. The molecule has 0 bridgehead atoms. The largest absolute Gasteiger partial charge is 0.462 e. The number of benzene rings is 1. The smallest absolute Gasteiger partial charge is 0.242 e. The molecule has 1 aromatic carbocycles. The van der Waals surface area contributed by atoms with E-state index in [1.165, 1.54) is 13.8 Å². The summed E-state index contributed by atoms with van der Waals surface area (Å²) in [6.07, 6.45) is 2.50. The fraction of sp³-hybridized carbons (Fsp3) is 0.312. The van der Waals surface area contributed by atoms with E-state index in [-0.39, 0.29) is 5.78 Å². The fourth-order valence-electron chi connectivity index (χ4n) is 0.779. The van der Waals surface area contributed by atoms with Gasteiger partial charge in [0.1, 0.15) is 24.0 Å². The Morgan fingerprint density at radius 1 is 1.23 bits per heavy atom. The summed E-state index contributed by atoms with van der Waals surface area (Å²) in [6, 6.07) is 11.3. The van der Waals surface area contributed by atoms with Crippen molar-refractivity contribution in [2.24, 2.45) is 10.2 Å². The highest BCUT2D eigenvalue weighted by Gasteiger charge is 1.99. The van der Waals surface area contributed by atoms with Crippen molar-refractivity contribution in [1.29, 1.82) is 10.5 Å². The molecule has 1 N–H and O–H groups in total. The number of nitrogens with zero attached hydrogens (tertiary/aromatic N) is 4. The van der Waals surface area contributed by atoms with Gasteiger partial charge in [0.05, 0.1) is 5.69 Å². The third-order valence-electron chi connectivity index (χ3n) is 1.55. The molecule has 6 nitrogen and oxygen atoms in total. The molecule has 0 aliphatic heterocycles. The average molecular weight is 298 g/mol. The van der Waals surface area contributed by atoms with Gasteiger partial charge in [0.25, 0.3) is 0 Å². The zero-order valence-electron chi connectivity index (χ0n) is 12.8. The van der Waals surface area contributed by atoms with Crippen molar-refractivity contribution in [3.63, 3.8) is 0 Å². The van der Waals surface area contributed by atoms with Gasteiger partial charge in [0.2, 0.25) is 6.04 Å². The molecule has 6 heteroatoms. The van der Waals surface area contributed by atoms with Crippen LogP contribution in [0.3, 0.4) is 0 Å². The number of carbonyl (C=O) groups is 1. The maximum absolute atomic E-state index is 9.44. The predicted molar refractivity (Wildman–Crippen MR) is 82.3 cm³/mol. The first-order valence-corrected chi connectivity index (χ1v) is 6.36. The second-order valence-corrected chi connectivity index (χ2v) is 3.76. The van der Waals surface area contributed by atoms with Crippen LogP contribution in [0.5, 0.6) is 0 Å². The molecule has 0 radical (unpaired) electrons. The van der Waals surface area contributed by atoms with Gasteiger partial charge in [0, 0.05) is 6.42 Å². The molecule has 1 aromatic rings. The lowest BCUT2D eigenvalue weighted by atomic mass is 10.3. The molecular formula is C16H18N4O2. The first kappa shape index (κ1) is 21.1. The monoisotopic (exact) mass is 298 g/mol. The molecule has 22 heavy (non-hydrogen) atoms. The molecule has 0 heterocycles. The molecule has 0 amide bonds. The van der Waals surface area contributed by atoms with Crippen LogP contribution in [0.4, 0.5) is 5.69 Å². The van der Waals surface area contributed by atoms with Gasteiger partial charge in [-0.1, -0.05) is 31.0 Å². The topological polar surface area (TPSA) is 110 Å². The Morgan fingerprint density at radius 3 is 2.05 bits per heavy atom. The number of hydrogen-bond acceptors (Lipinski definition) is 6. The van der Waals surface area contributed by atoms with Crippen molar-refractivity contribution in [2.75, 3.05) is 0 Å². The van der Waals surface area contributed by atoms with E-state index in [9.17, 15) is 4.79 Å². The highest BCUT2D eigenvalue weighted by Crippen LogP contribution is 2.10. The van der Waals surface area contributed by atoms with Crippen LogP contribution >= 0.6 is 0 Å².